The second kappa shape index (κ2) is 4.23. The Kier molecular flexibility index (Phi) is 3.24. The molecule has 0 unspecified atom stereocenters. The van der Waals surface area contributed by atoms with Crippen molar-refractivity contribution >= 4 is 16.4 Å². The first kappa shape index (κ1) is 10.7. The highest BCUT2D eigenvalue weighted by atomic mass is 32.2. The highest BCUT2D eigenvalue weighted by molar-refractivity contribution is 7.88. The van der Waals surface area contributed by atoms with Gasteiger partial charge in [-0.1, -0.05) is 30.3 Å². The molecule has 0 spiro atoms. The summed E-state index contributed by atoms with van der Waals surface area (Å²) >= 11 is 0. The Hall–Kier alpha value is -1.36. The number of sulfonamides is 1. The van der Waals surface area contributed by atoms with E-state index in [-0.39, 0.29) is 6.54 Å². The van der Waals surface area contributed by atoms with Gasteiger partial charge in [0, 0.05) is 0 Å². The van der Waals surface area contributed by atoms with Crippen molar-refractivity contribution in [1.82, 2.24) is 4.31 Å². The monoisotopic (exact) mass is 213 g/mol. The van der Waals surface area contributed by atoms with Crippen LogP contribution in [0.15, 0.2) is 30.3 Å². The SMILES string of the molecule is CS(=O)(=O)N(C=O)Cc1ccccc1. The number of carbonyl (C=O) groups excluding carboxylic acids is 1. The molecule has 0 bridgehead atoms. The van der Waals surface area contributed by atoms with Crippen LogP contribution in [0.5, 0.6) is 0 Å². The van der Waals surface area contributed by atoms with Gasteiger partial charge in [-0.3, -0.25) is 4.79 Å². The maximum Gasteiger partial charge on any atom is 0.234 e. The van der Waals surface area contributed by atoms with Gasteiger partial charge in [0.25, 0.3) is 0 Å². The minimum atomic E-state index is -3.45. The van der Waals surface area contributed by atoms with Gasteiger partial charge in [-0.25, -0.2) is 12.7 Å². The smallest absolute Gasteiger partial charge is 0.234 e. The molecule has 76 valence electrons. The third-order valence-corrected chi connectivity index (χ3v) is 2.79. The normalized spacial score (nSPS) is 10.9. The minimum Gasteiger partial charge on any atom is -0.278 e. The third-order valence-electron chi connectivity index (χ3n) is 1.72. The van der Waals surface area contributed by atoms with Crippen LogP contribution < -0.4 is 0 Å². The van der Waals surface area contributed by atoms with Gasteiger partial charge < -0.3 is 0 Å². The second-order valence-corrected chi connectivity index (χ2v) is 4.83. The molecule has 0 saturated heterocycles. The maximum absolute atomic E-state index is 11.1. The van der Waals surface area contributed by atoms with Crippen LogP contribution in [0.3, 0.4) is 0 Å². The van der Waals surface area contributed by atoms with E-state index in [1.807, 2.05) is 6.07 Å². The molecule has 5 heteroatoms. The lowest BCUT2D eigenvalue weighted by Crippen LogP contribution is -2.27. The molecule has 0 radical (unpaired) electrons. The van der Waals surface area contributed by atoms with Crippen LogP contribution in [-0.2, 0) is 21.4 Å². The van der Waals surface area contributed by atoms with Crippen molar-refractivity contribution in [3.8, 4) is 0 Å². The predicted octanol–water partition coefficient (Wildman–Crippen LogP) is 0.605. The van der Waals surface area contributed by atoms with Gasteiger partial charge in [0.1, 0.15) is 0 Å². The summed E-state index contributed by atoms with van der Waals surface area (Å²) in [7, 11) is -3.45. The molecule has 1 aromatic carbocycles. The fraction of sp³-hybridized carbons (Fsp3) is 0.222. The summed E-state index contributed by atoms with van der Waals surface area (Å²) in [6.07, 6.45) is 1.33. The van der Waals surface area contributed by atoms with Gasteiger partial charge in [-0.2, -0.15) is 0 Å². The second-order valence-electron chi connectivity index (χ2n) is 2.90. The number of rotatable bonds is 4. The van der Waals surface area contributed by atoms with Crippen molar-refractivity contribution in [2.24, 2.45) is 0 Å². The molecule has 0 N–H and O–H groups in total. The number of hydrogen-bond acceptors (Lipinski definition) is 3. The average molecular weight is 213 g/mol. The van der Waals surface area contributed by atoms with E-state index in [1.54, 1.807) is 24.3 Å². The minimum absolute atomic E-state index is 0.0865. The Balaban J connectivity index is 2.82. The van der Waals surface area contributed by atoms with E-state index in [9.17, 15) is 13.2 Å². The lowest BCUT2D eigenvalue weighted by molar-refractivity contribution is -0.114. The number of hydrogen-bond donors (Lipinski definition) is 0. The molecule has 14 heavy (non-hydrogen) atoms. The molecule has 1 rings (SSSR count). The first-order valence-corrected chi connectivity index (χ1v) is 5.85. The summed E-state index contributed by atoms with van der Waals surface area (Å²) in [5, 5.41) is 0. The zero-order valence-corrected chi connectivity index (χ0v) is 8.57. The van der Waals surface area contributed by atoms with Gasteiger partial charge in [-0.15, -0.1) is 0 Å². The molecule has 0 heterocycles. The van der Waals surface area contributed by atoms with Crippen molar-refractivity contribution in [2.45, 2.75) is 6.54 Å². The van der Waals surface area contributed by atoms with Crippen LogP contribution in [0, 0.1) is 0 Å². The molecule has 0 saturated carbocycles. The number of benzene rings is 1. The Bertz CT molecular complexity index is 399. The molecule has 0 aliphatic rings. The molecule has 0 atom stereocenters. The van der Waals surface area contributed by atoms with Crippen molar-refractivity contribution < 1.29 is 13.2 Å². The fourth-order valence-electron chi connectivity index (χ4n) is 0.996. The van der Waals surface area contributed by atoms with E-state index in [2.05, 4.69) is 0 Å². The Morgan fingerprint density at radius 1 is 1.29 bits per heavy atom. The van der Waals surface area contributed by atoms with E-state index in [1.165, 1.54) is 0 Å². The van der Waals surface area contributed by atoms with Crippen molar-refractivity contribution in [3.05, 3.63) is 35.9 Å². The summed E-state index contributed by atoms with van der Waals surface area (Å²) in [6, 6.07) is 8.94. The Labute approximate surface area is 83.2 Å². The zero-order valence-electron chi connectivity index (χ0n) is 7.75. The van der Waals surface area contributed by atoms with Crippen molar-refractivity contribution in [3.63, 3.8) is 0 Å². The molecule has 0 aromatic heterocycles. The number of carbonyl (C=O) groups is 1. The number of nitrogens with zero attached hydrogens (tertiary/aromatic N) is 1. The molecule has 4 nitrogen and oxygen atoms in total. The van der Waals surface area contributed by atoms with Gasteiger partial charge in [-0.05, 0) is 5.56 Å². The van der Waals surface area contributed by atoms with Crippen LogP contribution in [-0.4, -0.2) is 25.4 Å². The average Bonchev–Trinajstić information content (AvgIpc) is 2.14. The molecule has 0 aliphatic heterocycles. The standard InChI is InChI=1S/C9H11NO3S/c1-14(12,13)10(8-11)7-9-5-3-2-4-6-9/h2-6,8H,7H2,1H3. The van der Waals surface area contributed by atoms with E-state index < -0.39 is 10.0 Å². The predicted molar refractivity (Wildman–Crippen MR) is 52.9 cm³/mol. The lowest BCUT2D eigenvalue weighted by atomic mass is 10.2. The Morgan fingerprint density at radius 2 is 1.86 bits per heavy atom. The van der Waals surface area contributed by atoms with E-state index in [0.29, 0.717) is 6.41 Å². The summed E-state index contributed by atoms with van der Waals surface area (Å²) in [6.45, 7) is 0.0865. The topological polar surface area (TPSA) is 54.5 Å². The molecule has 1 aromatic rings. The van der Waals surface area contributed by atoms with Crippen LogP contribution in [0.1, 0.15) is 5.56 Å². The number of amides is 1. The van der Waals surface area contributed by atoms with Gasteiger partial charge in [0.2, 0.25) is 16.4 Å². The van der Waals surface area contributed by atoms with Gasteiger partial charge in [0.05, 0.1) is 12.8 Å². The largest absolute Gasteiger partial charge is 0.278 e. The Morgan fingerprint density at radius 3 is 2.29 bits per heavy atom. The van der Waals surface area contributed by atoms with Crippen molar-refractivity contribution in [2.75, 3.05) is 6.26 Å². The van der Waals surface area contributed by atoms with Crippen LogP contribution in [0.4, 0.5) is 0 Å². The molecule has 0 aliphatic carbocycles. The lowest BCUT2D eigenvalue weighted by Gasteiger charge is -2.14. The van der Waals surface area contributed by atoms with Crippen LogP contribution in [0.2, 0.25) is 0 Å². The summed E-state index contributed by atoms with van der Waals surface area (Å²) in [5.41, 5.74) is 0.782. The molecule has 0 fully saturated rings. The first-order valence-electron chi connectivity index (χ1n) is 4.00. The van der Waals surface area contributed by atoms with E-state index in [4.69, 9.17) is 0 Å². The van der Waals surface area contributed by atoms with Crippen molar-refractivity contribution in [1.29, 1.82) is 0 Å². The molecule has 1 amide bonds. The summed E-state index contributed by atoms with van der Waals surface area (Å²) in [5.74, 6) is 0. The van der Waals surface area contributed by atoms with E-state index >= 15 is 0 Å². The highest BCUT2D eigenvalue weighted by Crippen LogP contribution is 2.05. The van der Waals surface area contributed by atoms with Gasteiger partial charge >= 0.3 is 0 Å². The first-order chi connectivity index (χ1) is 6.54. The third kappa shape index (κ3) is 2.85. The summed E-state index contributed by atoms with van der Waals surface area (Å²) < 4.78 is 22.9. The molecular weight excluding hydrogens is 202 g/mol. The molecular formula is C9H11NO3S. The summed E-state index contributed by atoms with van der Waals surface area (Å²) in [4.78, 5) is 10.5. The maximum atomic E-state index is 11.1. The fourth-order valence-corrected chi connectivity index (χ4v) is 1.54. The van der Waals surface area contributed by atoms with Crippen LogP contribution >= 0.6 is 0 Å². The van der Waals surface area contributed by atoms with Gasteiger partial charge in [0.15, 0.2) is 0 Å². The highest BCUT2D eigenvalue weighted by Gasteiger charge is 2.13. The zero-order chi connectivity index (χ0) is 10.6. The quantitative estimate of drug-likeness (QED) is 0.688. The van der Waals surface area contributed by atoms with Crippen LogP contribution in [0.25, 0.3) is 0 Å². The van der Waals surface area contributed by atoms with E-state index in [0.717, 1.165) is 16.1 Å².